The number of para-hydroxylation sites is 1. The molecule has 0 spiro atoms. The molecule has 1 heterocycles. The number of hydrogen-bond acceptors (Lipinski definition) is 3. The fourth-order valence-electron chi connectivity index (χ4n) is 1.82. The first kappa shape index (κ1) is 12.5. The van der Waals surface area contributed by atoms with Gasteiger partial charge in [-0.15, -0.1) is 11.8 Å². The van der Waals surface area contributed by atoms with E-state index in [1.54, 1.807) is 11.8 Å². The number of hydrogen-bond donors (Lipinski definition) is 1. The molecular formula is C13H18N2OS. The number of benzene rings is 1. The first-order chi connectivity index (χ1) is 8.26. The molecule has 0 aliphatic rings. The third-order valence-corrected chi connectivity index (χ3v) is 3.95. The molecule has 3 nitrogen and oxygen atoms in total. The number of fused-ring (bicyclic) bond motifs is 1. The number of aliphatic hydroxyl groups excluding tert-OH is 1. The van der Waals surface area contributed by atoms with Crippen molar-refractivity contribution in [3.63, 3.8) is 0 Å². The van der Waals surface area contributed by atoms with Crippen LogP contribution in [-0.2, 0) is 12.3 Å². The van der Waals surface area contributed by atoms with Gasteiger partial charge in [0.15, 0.2) is 0 Å². The van der Waals surface area contributed by atoms with E-state index in [4.69, 9.17) is 5.11 Å². The molecule has 0 saturated heterocycles. The lowest BCUT2D eigenvalue weighted by atomic mass is 10.2. The molecule has 1 unspecified atom stereocenters. The van der Waals surface area contributed by atoms with Gasteiger partial charge in [0.05, 0.1) is 17.8 Å². The number of thioether (sulfide) groups is 1. The minimum atomic E-state index is 0.219. The first-order valence-corrected chi connectivity index (χ1v) is 6.98. The van der Waals surface area contributed by atoms with Gasteiger partial charge in [-0.25, -0.2) is 0 Å². The Morgan fingerprint density at radius 2 is 2.18 bits per heavy atom. The van der Waals surface area contributed by atoms with E-state index in [0.717, 1.165) is 18.0 Å². The predicted octanol–water partition coefficient (Wildman–Crippen LogP) is 2.67. The van der Waals surface area contributed by atoms with Gasteiger partial charge in [-0.1, -0.05) is 25.1 Å². The Labute approximate surface area is 106 Å². The van der Waals surface area contributed by atoms with Crippen LogP contribution in [0.15, 0.2) is 24.3 Å². The van der Waals surface area contributed by atoms with Gasteiger partial charge < -0.3 is 5.11 Å². The van der Waals surface area contributed by atoms with Crippen LogP contribution < -0.4 is 0 Å². The summed E-state index contributed by atoms with van der Waals surface area (Å²) < 4.78 is 2.04. The lowest BCUT2D eigenvalue weighted by Gasteiger charge is -2.05. The summed E-state index contributed by atoms with van der Waals surface area (Å²) in [6, 6.07) is 8.32. The molecule has 1 aromatic carbocycles. The van der Waals surface area contributed by atoms with Crippen molar-refractivity contribution in [2.45, 2.75) is 31.4 Å². The molecule has 1 N–H and O–H groups in total. The Morgan fingerprint density at radius 3 is 2.88 bits per heavy atom. The van der Waals surface area contributed by atoms with E-state index in [0.29, 0.717) is 0 Å². The number of rotatable bonds is 5. The summed E-state index contributed by atoms with van der Waals surface area (Å²) in [7, 11) is 0. The highest BCUT2D eigenvalue weighted by molar-refractivity contribution is 7.99. The molecule has 0 saturated carbocycles. The maximum Gasteiger partial charge on any atom is 0.0802 e. The molecule has 0 aliphatic heterocycles. The zero-order valence-corrected chi connectivity index (χ0v) is 11.1. The van der Waals surface area contributed by atoms with Crippen molar-refractivity contribution in [2.24, 2.45) is 0 Å². The highest BCUT2D eigenvalue weighted by Crippen LogP contribution is 2.24. The number of aliphatic hydroxyl groups is 1. The van der Waals surface area contributed by atoms with Gasteiger partial charge in [-0.05, 0) is 13.0 Å². The summed E-state index contributed by atoms with van der Waals surface area (Å²) >= 11 is 1.74. The molecule has 0 amide bonds. The van der Waals surface area contributed by atoms with Crippen LogP contribution in [0.25, 0.3) is 10.9 Å². The van der Waals surface area contributed by atoms with Crippen LogP contribution in [0.2, 0.25) is 0 Å². The van der Waals surface area contributed by atoms with Gasteiger partial charge in [-0.2, -0.15) is 5.10 Å². The van der Waals surface area contributed by atoms with Gasteiger partial charge >= 0.3 is 0 Å². The normalized spacial score (nSPS) is 13.1. The van der Waals surface area contributed by atoms with E-state index in [-0.39, 0.29) is 11.9 Å². The Balaban J connectivity index is 2.28. The average molecular weight is 250 g/mol. The SMILES string of the molecule is CCn1nc(CSC(C)CO)c2ccccc21. The van der Waals surface area contributed by atoms with Crippen LogP contribution in [0.5, 0.6) is 0 Å². The molecule has 2 rings (SSSR count). The quantitative estimate of drug-likeness (QED) is 0.886. The van der Waals surface area contributed by atoms with Gasteiger partial charge in [0, 0.05) is 22.9 Å². The van der Waals surface area contributed by atoms with Gasteiger partial charge in [0.1, 0.15) is 0 Å². The number of aryl methyl sites for hydroxylation is 1. The van der Waals surface area contributed by atoms with Crippen molar-refractivity contribution < 1.29 is 5.11 Å². The Bertz CT molecular complexity index is 495. The Kier molecular flexibility index (Phi) is 4.07. The van der Waals surface area contributed by atoms with Crippen molar-refractivity contribution in [3.05, 3.63) is 30.0 Å². The van der Waals surface area contributed by atoms with E-state index >= 15 is 0 Å². The molecule has 1 aromatic heterocycles. The van der Waals surface area contributed by atoms with Crippen LogP contribution in [0.1, 0.15) is 19.5 Å². The predicted molar refractivity (Wildman–Crippen MR) is 73.2 cm³/mol. The average Bonchev–Trinajstić information content (AvgIpc) is 2.74. The van der Waals surface area contributed by atoms with Crippen LogP contribution in [0.3, 0.4) is 0 Å². The smallest absolute Gasteiger partial charge is 0.0802 e. The molecular weight excluding hydrogens is 232 g/mol. The van der Waals surface area contributed by atoms with E-state index in [9.17, 15) is 0 Å². The summed E-state index contributed by atoms with van der Waals surface area (Å²) in [5.74, 6) is 0.856. The molecule has 17 heavy (non-hydrogen) atoms. The summed E-state index contributed by atoms with van der Waals surface area (Å²) in [5.41, 5.74) is 2.31. The molecule has 0 aliphatic carbocycles. The van der Waals surface area contributed by atoms with Crippen LogP contribution >= 0.6 is 11.8 Å². The van der Waals surface area contributed by atoms with Crippen molar-refractivity contribution in [2.75, 3.05) is 6.61 Å². The standard InChI is InChI=1S/C13H18N2OS/c1-3-15-13-7-5-4-6-11(13)12(14-15)9-17-10(2)8-16/h4-7,10,16H,3,8-9H2,1-2H3. The van der Waals surface area contributed by atoms with Gasteiger partial charge in [0.25, 0.3) is 0 Å². The second-order valence-electron chi connectivity index (χ2n) is 4.08. The highest BCUT2D eigenvalue weighted by Gasteiger charge is 2.10. The lowest BCUT2D eigenvalue weighted by molar-refractivity contribution is 0.300. The van der Waals surface area contributed by atoms with Crippen molar-refractivity contribution in [1.29, 1.82) is 0 Å². The summed E-state index contributed by atoms with van der Waals surface area (Å²) in [5, 5.41) is 15.2. The van der Waals surface area contributed by atoms with Gasteiger partial charge in [0.2, 0.25) is 0 Å². The molecule has 2 aromatic rings. The Morgan fingerprint density at radius 1 is 1.41 bits per heavy atom. The van der Waals surface area contributed by atoms with Crippen molar-refractivity contribution >= 4 is 22.7 Å². The number of nitrogens with zero attached hydrogens (tertiary/aromatic N) is 2. The lowest BCUT2D eigenvalue weighted by Crippen LogP contribution is -2.03. The topological polar surface area (TPSA) is 38.0 Å². The summed E-state index contributed by atoms with van der Waals surface area (Å²) in [6.45, 7) is 5.24. The van der Waals surface area contributed by atoms with Crippen molar-refractivity contribution in [3.8, 4) is 0 Å². The van der Waals surface area contributed by atoms with Gasteiger partial charge in [-0.3, -0.25) is 4.68 Å². The van der Waals surface area contributed by atoms with E-state index < -0.39 is 0 Å². The van der Waals surface area contributed by atoms with E-state index in [1.807, 2.05) is 23.7 Å². The fraction of sp³-hybridized carbons (Fsp3) is 0.462. The minimum Gasteiger partial charge on any atom is -0.395 e. The highest BCUT2D eigenvalue weighted by atomic mass is 32.2. The maximum absolute atomic E-state index is 9.03. The maximum atomic E-state index is 9.03. The molecule has 92 valence electrons. The van der Waals surface area contributed by atoms with Crippen LogP contribution in [-0.4, -0.2) is 26.7 Å². The molecule has 1 atom stereocenters. The molecule has 4 heteroatoms. The van der Waals surface area contributed by atoms with E-state index in [1.165, 1.54) is 10.9 Å². The van der Waals surface area contributed by atoms with Crippen molar-refractivity contribution in [1.82, 2.24) is 9.78 Å². The summed E-state index contributed by atoms with van der Waals surface area (Å²) in [4.78, 5) is 0. The number of aromatic nitrogens is 2. The molecule has 0 radical (unpaired) electrons. The van der Waals surface area contributed by atoms with E-state index in [2.05, 4.69) is 24.2 Å². The second kappa shape index (κ2) is 5.56. The third kappa shape index (κ3) is 2.64. The fourth-order valence-corrected chi connectivity index (χ4v) is 2.58. The monoisotopic (exact) mass is 250 g/mol. The molecule has 0 fully saturated rings. The zero-order chi connectivity index (χ0) is 12.3. The Hall–Kier alpha value is -1.00. The third-order valence-electron chi connectivity index (χ3n) is 2.80. The first-order valence-electron chi connectivity index (χ1n) is 5.93. The zero-order valence-electron chi connectivity index (χ0n) is 10.3. The molecule has 0 bridgehead atoms. The second-order valence-corrected chi connectivity index (χ2v) is 5.51. The summed E-state index contributed by atoms with van der Waals surface area (Å²) in [6.07, 6.45) is 0. The van der Waals surface area contributed by atoms with Crippen LogP contribution in [0, 0.1) is 0 Å². The largest absolute Gasteiger partial charge is 0.395 e. The van der Waals surface area contributed by atoms with Crippen LogP contribution in [0.4, 0.5) is 0 Å². The minimum absolute atomic E-state index is 0.219.